The smallest absolute Gasteiger partial charge is 0.139 e. The van der Waals surface area contributed by atoms with Crippen LogP contribution in [0, 0.1) is 18.3 Å². The second-order valence-electron chi connectivity index (χ2n) is 4.58. The van der Waals surface area contributed by atoms with Crippen LogP contribution in [-0.2, 0) is 0 Å². The maximum atomic E-state index is 7.64. The first-order valence-electron chi connectivity index (χ1n) is 5.64. The molecule has 1 aromatic rings. The van der Waals surface area contributed by atoms with Gasteiger partial charge >= 0.3 is 0 Å². The van der Waals surface area contributed by atoms with Gasteiger partial charge in [0.05, 0.1) is 5.56 Å². The number of rotatable bonds is 2. The molecule has 86 valence electrons. The number of hydrogen-bond acceptors (Lipinski definition) is 3. The fourth-order valence-electron chi connectivity index (χ4n) is 2.24. The molecule has 4 nitrogen and oxygen atoms in total. The maximum absolute atomic E-state index is 7.64. The lowest BCUT2D eigenvalue weighted by atomic mass is 10.1. The highest BCUT2D eigenvalue weighted by atomic mass is 15.2. The summed E-state index contributed by atoms with van der Waals surface area (Å²) < 4.78 is 0. The standard InChI is InChI=1S/C12H18N4/c1-8-4-6-16(7-8)12-10(11(13)14)9(2)3-5-15-12/h3,5,8H,4,6-7H2,1-2H3,(H3,13,14). The summed E-state index contributed by atoms with van der Waals surface area (Å²) >= 11 is 0. The summed E-state index contributed by atoms with van der Waals surface area (Å²) in [4.78, 5) is 6.61. The summed E-state index contributed by atoms with van der Waals surface area (Å²) in [6.07, 6.45) is 2.98. The molecular weight excluding hydrogens is 200 g/mol. The van der Waals surface area contributed by atoms with Crippen LogP contribution in [-0.4, -0.2) is 23.9 Å². The highest BCUT2D eigenvalue weighted by Gasteiger charge is 2.23. The Morgan fingerprint density at radius 2 is 2.38 bits per heavy atom. The molecule has 1 unspecified atom stereocenters. The number of aryl methyl sites for hydroxylation is 1. The normalized spacial score (nSPS) is 20.1. The van der Waals surface area contributed by atoms with Gasteiger partial charge in [0.2, 0.25) is 0 Å². The zero-order chi connectivity index (χ0) is 11.7. The van der Waals surface area contributed by atoms with E-state index in [2.05, 4.69) is 16.8 Å². The topological polar surface area (TPSA) is 66.0 Å². The van der Waals surface area contributed by atoms with E-state index >= 15 is 0 Å². The van der Waals surface area contributed by atoms with E-state index in [1.165, 1.54) is 6.42 Å². The molecule has 0 aromatic carbocycles. The van der Waals surface area contributed by atoms with Gasteiger partial charge < -0.3 is 10.6 Å². The number of nitrogens with one attached hydrogen (secondary N) is 1. The first-order valence-corrected chi connectivity index (χ1v) is 5.64. The fourth-order valence-corrected chi connectivity index (χ4v) is 2.24. The molecule has 0 spiro atoms. The van der Waals surface area contributed by atoms with E-state index < -0.39 is 0 Å². The van der Waals surface area contributed by atoms with Crippen LogP contribution in [0.3, 0.4) is 0 Å². The van der Waals surface area contributed by atoms with Gasteiger partial charge in [-0.15, -0.1) is 0 Å². The Kier molecular flexibility index (Phi) is 2.81. The lowest BCUT2D eigenvalue weighted by molar-refractivity contribution is 0.659. The van der Waals surface area contributed by atoms with Crippen molar-refractivity contribution in [3.05, 3.63) is 23.4 Å². The molecule has 0 radical (unpaired) electrons. The zero-order valence-corrected chi connectivity index (χ0v) is 9.83. The van der Waals surface area contributed by atoms with Crippen molar-refractivity contribution in [3.8, 4) is 0 Å². The van der Waals surface area contributed by atoms with Crippen molar-refractivity contribution >= 4 is 11.7 Å². The molecule has 0 bridgehead atoms. The highest BCUT2D eigenvalue weighted by molar-refractivity contribution is 6.01. The number of hydrogen-bond donors (Lipinski definition) is 2. The van der Waals surface area contributed by atoms with Crippen LogP contribution in [0.2, 0.25) is 0 Å². The summed E-state index contributed by atoms with van der Waals surface area (Å²) in [5.41, 5.74) is 7.45. The predicted octanol–water partition coefficient (Wildman–Crippen LogP) is 1.52. The van der Waals surface area contributed by atoms with Crippen molar-refractivity contribution in [2.45, 2.75) is 20.3 Å². The summed E-state index contributed by atoms with van der Waals surface area (Å²) in [7, 11) is 0. The van der Waals surface area contributed by atoms with Crippen LogP contribution in [0.15, 0.2) is 12.3 Å². The minimum Gasteiger partial charge on any atom is -0.384 e. The van der Waals surface area contributed by atoms with Gasteiger partial charge in [-0.25, -0.2) is 4.98 Å². The number of amidine groups is 1. The molecule has 0 saturated carbocycles. The third-order valence-electron chi connectivity index (χ3n) is 3.13. The van der Waals surface area contributed by atoms with Crippen LogP contribution < -0.4 is 10.6 Å². The van der Waals surface area contributed by atoms with Gasteiger partial charge in [0.25, 0.3) is 0 Å². The molecule has 2 heterocycles. The van der Waals surface area contributed by atoms with E-state index in [1.54, 1.807) is 6.20 Å². The highest BCUT2D eigenvalue weighted by Crippen LogP contribution is 2.26. The van der Waals surface area contributed by atoms with Crippen LogP contribution in [0.25, 0.3) is 0 Å². The molecular formula is C12H18N4. The molecule has 1 atom stereocenters. The average Bonchev–Trinajstić information content (AvgIpc) is 2.63. The van der Waals surface area contributed by atoms with Crippen molar-refractivity contribution in [1.29, 1.82) is 5.41 Å². The van der Waals surface area contributed by atoms with E-state index in [0.717, 1.165) is 30.0 Å². The van der Waals surface area contributed by atoms with Gasteiger partial charge in [-0.05, 0) is 30.9 Å². The maximum Gasteiger partial charge on any atom is 0.139 e. The Balaban J connectivity index is 2.40. The Morgan fingerprint density at radius 3 is 2.94 bits per heavy atom. The Labute approximate surface area is 96.0 Å². The minimum atomic E-state index is 0.111. The molecule has 3 N–H and O–H groups in total. The molecule has 1 aliphatic rings. The zero-order valence-electron chi connectivity index (χ0n) is 9.83. The monoisotopic (exact) mass is 218 g/mol. The summed E-state index contributed by atoms with van der Waals surface area (Å²) in [5.74, 6) is 1.68. The molecule has 1 saturated heterocycles. The number of anilines is 1. The fraction of sp³-hybridized carbons (Fsp3) is 0.500. The van der Waals surface area contributed by atoms with Gasteiger partial charge in [-0.2, -0.15) is 0 Å². The average molecular weight is 218 g/mol. The van der Waals surface area contributed by atoms with Crippen molar-refractivity contribution in [3.63, 3.8) is 0 Å². The molecule has 0 aliphatic carbocycles. The first kappa shape index (κ1) is 10.9. The summed E-state index contributed by atoms with van der Waals surface area (Å²) in [5, 5.41) is 7.64. The van der Waals surface area contributed by atoms with Crippen LogP contribution in [0.5, 0.6) is 0 Å². The summed E-state index contributed by atoms with van der Waals surface area (Å²) in [6, 6.07) is 1.90. The molecule has 0 amide bonds. The van der Waals surface area contributed by atoms with Crippen LogP contribution >= 0.6 is 0 Å². The quantitative estimate of drug-likeness (QED) is 0.584. The minimum absolute atomic E-state index is 0.111. The molecule has 2 rings (SSSR count). The van der Waals surface area contributed by atoms with Gasteiger partial charge in [0.1, 0.15) is 11.7 Å². The second-order valence-corrected chi connectivity index (χ2v) is 4.58. The SMILES string of the molecule is Cc1ccnc(N2CCC(C)C2)c1C(=N)N. The van der Waals surface area contributed by atoms with Gasteiger partial charge in [0, 0.05) is 19.3 Å². The predicted molar refractivity (Wildman–Crippen MR) is 66.0 cm³/mol. The number of nitrogens with zero attached hydrogens (tertiary/aromatic N) is 2. The summed E-state index contributed by atoms with van der Waals surface area (Å²) in [6.45, 7) is 6.24. The largest absolute Gasteiger partial charge is 0.384 e. The third kappa shape index (κ3) is 1.87. The molecule has 4 heteroatoms. The van der Waals surface area contributed by atoms with Crippen LogP contribution in [0.4, 0.5) is 5.82 Å². The van der Waals surface area contributed by atoms with Crippen LogP contribution in [0.1, 0.15) is 24.5 Å². The van der Waals surface area contributed by atoms with Gasteiger partial charge in [0.15, 0.2) is 0 Å². The van der Waals surface area contributed by atoms with Crippen molar-refractivity contribution in [2.75, 3.05) is 18.0 Å². The Hall–Kier alpha value is -1.58. The van der Waals surface area contributed by atoms with E-state index in [1.807, 2.05) is 13.0 Å². The second kappa shape index (κ2) is 4.12. The van der Waals surface area contributed by atoms with Gasteiger partial charge in [-0.3, -0.25) is 5.41 Å². The lowest BCUT2D eigenvalue weighted by Crippen LogP contribution is -2.25. The Morgan fingerprint density at radius 1 is 1.62 bits per heavy atom. The van der Waals surface area contributed by atoms with Crippen molar-refractivity contribution in [2.24, 2.45) is 11.7 Å². The number of aromatic nitrogens is 1. The first-order chi connectivity index (χ1) is 7.59. The Bertz CT molecular complexity index is 413. The van der Waals surface area contributed by atoms with E-state index in [4.69, 9.17) is 11.1 Å². The van der Waals surface area contributed by atoms with E-state index in [9.17, 15) is 0 Å². The lowest BCUT2D eigenvalue weighted by Gasteiger charge is -2.21. The number of nitrogen functional groups attached to an aromatic ring is 1. The molecule has 1 aromatic heterocycles. The number of pyridine rings is 1. The molecule has 1 aliphatic heterocycles. The van der Waals surface area contributed by atoms with Crippen molar-refractivity contribution < 1.29 is 0 Å². The van der Waals surface area contributed by atoms with Crippen molar-refractivity contribution in [1.82, 2.24) is 4.98 Å². The molecule has 16 heavy (non-hydrogen) atoms. The van der Waals surface area contributed by atoms with E-state index in [0.29, 0.717) is 5.92 Å². The van der Waals surface area contributed by atoms with E-state index in [-0.39, 0.29) is 5.84 Å². The molecule has 1 fully saturated rings. The number of nitrogens with two attached hydrogens (primary N) is 1. The van der Waals surface area contributed by atoms with Gasteiger partial charge in [-0.1, -0.05) is 6.92 Å². The third-order valence-corrected chi connectivity index (χ3v) is 3.13.